The molecule has 0 spiro atoms. The highest BCUT2D eigenvalue weighted by atomic mass is 16.5. The van der Waals surface area contributed by atoms with Crippen LogP contribution in [0.1, 0.15) is 5.56 Å². The minimum absolute atomic E-state index is 0.0531. The van der Waals surface area contributed by atoms with E-state index < -0.39 is 0 Å². The number of hydrogen-bond donors (Lipinski definition) is 1. The van der Waals surface area contributed by atoms with Crippen LogP contribution in [0.4, 0.5) is 5.69 Å². The van der Waals surface area contributed by atoms with Gasteiger partial charge in [-0.25, -0.2) is 0 Å². The van der Waals surface area contributed by atoms with E-state index in [-0.39, 0.29) is 12.5 Å². The van der Waals surface area contributed by atoms with Gasteiger partial charge in [-0.05, 0) is 36.8 Å². The Hall–Kier alpha value is -2.69. The summed E-state index contributed by atoms with van der Waals surface area (Å²) in [5.74, 6) is 1.99. The summed E-state index contributed by atoms with van der Waals surface area (Å²) >= 11 is 0. The average Bonchev–Trinajstić information content (AvgIpc) is 2.51. The van der Waals surface area contributed by atoms with E-state index in [1.807, 2.05) is 37.3 Å². The predicted octanol–water partition coefficient (Wildman–Crippen LogP) is 2.78. The highest BCUT2D eigenvalue weighted by Crippen LogP contribution is 2.31. The van der Waals surface area contributed by atoms with E-state index in [9.17, 15) is 4.79 Å². The number of anilines is 1. The Morgan fingerprint density at radius 1 is 1.09 bits per heavy atom. The van der Waals surface area contributed by atoms with Crippen LogP contribution < -0.4 is 19.5 Å². The standard InChI is InChI=1S/C17H17NO4/c1-12-3-2-4-13(9-12)20-7-8-21-14-5-6-16-15(10-14)18-17(19)11-22-16/h2-6,9-10H,7-8,11H2,1H3,(H,18,19). The van der Waals surface area contributed by atoms with Crippen molar-refractivity contribution in [2.45, 2.75) is 6.92 Å². The number of fused-ring (bicyclic) bond motifs is 1. The van der Waals surface area contributed by atoms with Gasteiger partial charge in [-0.3, -0.25) is 4.79 Å². The summed E-state index contributed by atoms with van der Waals surface area (Å²) in [6.45, 7) is 2.94. The summed E-state index contributed by atoms with van der Waals surface area (Å²) in [4.78, 5) is 11.3. The molecule has 0 aromatic heterocycles. The van der Waals surface area contributed by atoms with Gasteiger partial charge in [0.15, 0.2) is 6.61 Å². The first-order valence-electron chi connectivity index (χ1n) is 7.10. The van der Waals surface area contributed by atoms with Crippen molar-refractivity contribution in [3.05, 3.63) is 48.0 Å². The van der Waals surface area contributed by atoms with Crippen LogP contribution in [0.25, 0.3) is 0 Å². The highest BCUT2D eigenvalue weighted by Gasteiger charge is 2.16. The lowest BCUT2D eigenvalue weighted by molar-refractivity contribution is -0.118. The van der Waals surface area contributed by atoms with Gasteiger partial charge in [0, 0.05) is 6.07 Å². The van der Waals surface area contributed by atoms with Crippen LogP contribution in [0.15, 0.2) is 42.5 Å². The predicted molar refractivity (Wildman–Crippen MR) is 82.7 cm³/mol. The van der Waals surface area contributed by atoms with Gasteiger partial charge in [0.1, 0.15) is 30.5 Å². The van der Waals surface area contributed by atoms with E-state index in [0.717, 1.165) is 11.3 Å². The van der Waals surface area contributed by atoms with Gasteiger partial charge in [0.25, 0.3) is 5.91 Å². The lowest BCUT2D eigenvalue weighted by Gasteiger charge is -2.18. The summed E-state index contributed by atoms with van der Waals surface area (Å²) in [6.07, 6.45) is 0. The minimum Gasteiger partial charge on any atom is -0.490 e. The molecule has 1 N–H and O–H groups in total. The van der Waals surface area contributed by atoms with Crippen molar-refractivity contribution < 1.29 is 19.0 Å². The molecule has 1 aliphatic heterocycles. The number of rotatable bonds is 5. The Bertz CT molecular complexity index is 684. The molecule has 5 heteroatoms. The van der Waals surface area contributed by atoms with Crippen LogP contribution >= 0.6 is 0 Å². The van der Waals surface area contributed by atoms with Crippen LogP contribution in [0.2, 0.25) is 0 Å². The monoisotopic (exact) mass is 299 g/mol. The topological polar surface area (TPSA) is 56.8 Å². The fourth-order valence-corrected chi connectivity index (χ4v) is 2.18. The van der Waals surface area contributed by atoms with Crippen LogP contribution in [-0.4, -0.2) is 25.7 Å². The minimum atomic E-state index is -0.160. The van der Waals surface area contributed by atoms with Crippen molar-refractivity contribution in [3.63, 3.8) is 0 Å². The van der Waals surface area contributed by atoms with E-state index in [2.05, 4.69) is 5.32 Å². The van der Waals surface area contributed by atoms with Gasteiger partial charge in [0.05, 0.1) is 5.69 Å². The Labute approximate surface area is 128 Å². The van der Waals surface area contributed by atoms with Crippen molar-refractivity contribution in [3.8, 4) is 17.2 Å². The largest absolute Gasteiger partial charge is 0.490 e. The van der Waals surface area contributed by atoms with E-state index >= 15 is 0 Å². The van der Waals surface area contributed by atoms with Crippen molar-refractivity contribution in [2.24, 2.45) is 0 Å². The molecule has 1 amide bonds. The molecular weight excluding hydrogens is 282 g/mol. The number of amides is 1. The van der Waals surface area contributed by atoms with E-state index in [4.69, 9.17) is 14.2 Å². The van der Waals surface area contributed by atoms with Gasteiger partial charge >= 0.3 is 0 Å². The maximum absolute atomic E-state index is 11.3. The fraction of sp³-hybridized carbons (Fsp3) is 0.235. The molecule has 1 heterocycles. The van der Waals surface area contributed by atoms with Gasteiger partial charge in [-0.15, -0.1) is 0 Å². The van der Waals surface area contributed by atoms with Crippen molar-refractivity contribution in [1.82, 2.24) is 0 Å². The third-order valence-electron chi connectivity index (χ3n) is 3.19. The number of benzene rings is 2. The first-order valence-corrected chi connectivity index (χ1v) is 7.10. The summed E-state index contributed by atoms with van der Waals surface area (Å²) in [6, 6.07) is 13.2. The first kappa shape index (κ1) is 14.3. The number of nitrogens with one attached hydrogen (secondary N) is 1. The molecule has 2 aromatic carbocycles. The second kappa shape index (κ2) is 6.39. The second-order valence-electron chi connectivity index (χ2n) is 5.01. The third kappa shape index (κ3) is 3.49. The molecule has 5 nitrogen and oxygen atoms in total. The number of carbonyl (C=O) groups excluding carboxylic acids is 1. The van der Waals surface area contributed by atoms with E-state index in [1.165, 1.54) is 0 Å². The molecular formula is C17H17NO4. The van der Waals surface area contributed by atoms with Crippen LogP contribution in [0, 0.1) is 6.92 Å². The van der Waals surface area contributed by atoms with Crippen LogP contribution in [0.3, 0.4) is 0 Å². The SMILES string of the molecule is Cc1cccc(OCCOc2ccc3c(c2)NC(=O)CO3)c1. The quantitative estimate of drug-likeness (QED) is 0.863. The Morgan fingerprint density at radius 3 is 2.64 bits per heavy atom. The Morgan fingerprint density at radius 2 is 1.86 bits per heavy atom. The lowest BCUT2D eigenvalue weighted by Crippen LogP contribution is -2.25. The van der Waals surface area contributed by atoms with Crippen LogP contribution in [-0.2, 0) is 4.79 Å². The zero-order valence-electron chi connectivity index (χ0n) is 12.3. The smallest absolute Gasteiger partial charge is 0.262 e. The van der Waals surface area contributed by atoms with Crippen molar-refractivity contribution >= 4 is 11.6 Å². The molecule has 0 saturated carbocycles. The zero-order valence-corrected chi connectivity index (χ0v) is 12.3. The Kier molecular flexibility index (Phi) is 4.14. The van der Waals surface area contributed by atoms with Crippen molar-refractivity contribution in [2.75, 3.05) is 25.1 Å². The average molecular weight is 299 g/mol. The molecule has 0 saturated heterocycles. The van der Waals surface area contributed by atoms with Gasteiger partial charge < -0.3 is 19.5 Å². The molecule has 114 valence electrons. The Balaban J connectivity index is 1.51. The normalized spacial score (nSPS) is 12.9. The second-order valence-corrected chi connectivity index (χ2v) is 5.01. The molecule has 0 fully saturated rings. The molecule has 0 radical (unpaired) electrons. The van der Waals surface area contributed by atoms with Gasteiger partial charge in [-0.1, -0.05) is 12.1 Å². The summed E-state index contributed by atoms with van der Waals surface area (Å²) < 4.78 is 16.5. The highest BCUT2D eigenvalue weighted by molar-refractivity contribution is 5.95. The molecule has 2 aromatic rings. The molecule has 3 rings (SSSR count). The molecule has 0 atom stereocenters. The summed E-state index contributed by atoms with van der Waals surface area (Å²) in [7, 11) is 0. The fourth-order valence-electron chi connectivity index (χ4n) is 2.18. The number of aryl methyl sites for hydroxylation is 1. The van der Waals surface area contributed by atoms with Gasteiger partial charge in [0.2, 0.25) is 0 Å². The number of ether oxygens (including phenoxy) is 3. The lowest BCUT2D eigenvalue weighted by atomic mass is 10.2. The number of carbonyl (C=O) groups is 1. The van der Waals surface area contributed by atoms with E-state index in [1.54, 1.807) is 12.1 Å². The first-order chi connectivity index (χ1) is 10.7. The number of hydrogen-bond acceptors (Lipinski definition) is 4. The van der Waals surface area contributed by atoms with Crippen molar-refractivity contribution in [1.29, 1.82) is 0 Å². The maximum Gasteiger partial charge on any atom is 0.262 e. The molecule has 0 bridgehead atoms. The molecule has 0 aliphatic carbocycles. The molecule has 0 unspecified atom stereocenters. The third-order valence-corrected chi connectivity index (χ3v) is 3.19. The summed E-state index contributed by atoms with van der Waals surface area (Å²) in [5.41, 5.74) is 1.79. The van der Waals surface area contributed by atoms with Crippen LogP contribution in [0.5, 0.6) is 17.2 Å². The van der Waals surface area contributed by atoms with E-state index in [0.29, 0.717) is 30.4 Å². The van der Waals surface area contributed by atoms with Gasteiger partial charge in [-0.2, -0.15) is 0 Å². The molecule has 1 aliphatic rings. The zero-order chi connectivity index (χ0) is 15.4. The summed E-state index contributed by atoms with van der Waals surface area (Å²) in [5, 5.41) is 2.75. The maximum atomic E-state index is 11.3. The molecule has 22 heavy (non-hydrogen) atoms.